The zero-order chi connectivity index (χ0) is 18.8. The van der Waals surface area contributed by atoms with Gasteiger partial charge in [0.1, 0.15) is 5.60 Å². The van der Waals surface area contributed by atoms with Crippen molar-refractivity contribution >= 4 is 36.0 Å². The molecule has 7 nitrogen and oxygen atoms in total. The van der Waals surface area contributed by atoms with Crippen LogP contribution in [0.4, 0.5) is 4.79 Å². The summed E-state index contributed by atoms with van der Waals surface area (Å²) in [4.78, 5) is 18.7. The van der Waals surface area contributed by atoms with E-state index in [0.29, 0.717) is 6.54 Å². The van der Waals surface area contributed by atoms with Crippen LogP contribution in [-0.2, 0) is 4.74 Å². The van der Waals surface area contributed by atoms with E-state index < -0.39 is 17.2 Å². The molecule has 0 aromatic rings. The summed E-state index contributed by atoms with van der Waals surface area (Å²) >= 11 is 0. The van der Waals surface area contributed by atoms with E-state index in [-0.39, 0.29) is 24.0 Å². The smallest absolute Gasteiger partial charge is 0.408 e. The van der Waals surface area contributed by atoms with Crippen molar-refractivity contribution in [3.63, 3.8) is 0 Å². The predicted molar refractivity (Wildman–Crippen MR) is 116 cm³/mol. The number of aliphatic imine (C=N–C) groups is 1. The number of ether oxygens (including phenoxy) is 1. The standard InChI is InChI=1S/C17H37N5O2.HI/c1-9-18-14(19-11-12-22(8)10-2)20-13-17(6,7)21-15(23)24-16(3,4)5;/h9-13H2,1-8H3,(H,21,23)(H2,18,19,20);1H. The lowest BCUT2D eigenvalue weighted by Crippen LogP contribution is -2.49. The third-order valence-corrected chi connectivity index (χ3v) is 3.14. The largest absolute Gasteiger partial charge is 0.444 e. The monoisotopic (exact) mass is 471 g/mol. The highest BCUT2D eigenvalue weighted by atomic mass is 127. The Kier molecular flexibility index (Phi) is 13.3. The fourth-order valence-corrected chi connectivity index (χ4v) is 1.76. The van der Waals surface area contributed by atoms with E-state index in [1.54, 1.807) is 0 Å². The molecule has 0 spiro atoms. The number of nitrogens with zero attached hydrogens (tertiary/aromatic N) is 2. The molecule has 8 heteroatoms. The van der Waals surface area contributed by atoms with Gasteiger partial charge in [-0.1, -0.05) is 6.92 Å². The summed E-state index contributed by atoms with van der Waals surface area (Å²) in [6.45, 7) is 17.6. The quantitative estimate of drug-likeness (QED) is 0.288. The van der Waals surface area contributed by atoms with E-state index in [9.17, 15) is 4.79 Å². The Morgan fingerprint density at radius 1 is 1.12 bits per heavy atom. The first-order valence-electron chi connectivity index (χ1n) is 8.71. The van der Waals surface area contributed by atoms with Crippen molar-refractivity contribution in [2.75, 3.05) is 39.8 Å². The van der Waals surface area contributed by atoms with E-state index in [0.717, 1.165) is 32.1 Å². The van der Waals surface area contributed by atoms with Gasteiger partial charge in [-0.15, -0.1) is 24.0 Å². The van der Waals surface area contributed by atoms with Crippen molar-refractivity contribution in [2.45, 2.75) is 59.6 Å². The number of likely N-dealkylation sites (N-methyl/N-ethyl adjacent to an activating group) is 1. The van der Waals surface area contributed by atoms with Crippen LogP contribution in [-0.4, -0.2) is 67.9 Å². The fourth-order valence-electron chi connectivity index (χ4n) is 1.76. The number of hydrogen-bond acceptors (Lipinski definition) is 4. The molecule has 0 aliphatic rings. The maximum atomic E-state index is 11.9. The first kappa shape index (κ1) is 26.5. The van der Waals surface area contributed by atoms with Crippen molar-refractivity contribution < 1.29 is 9.53 Å². The lowest BCUT2D eigenvalue weighted by molar-refractivity contribution is 0.0476. The summed E-state index contributed by atoms with van der Waals surface area (Å²) in [6.07, 6.45) is -0.426. The molecule has 0 saturated heterocycles. The van der Waals surface area contributed by atoms with Gasteiger partial charge in [-0.25, -0.2) is 4.79 Å². The van der Waals surface area contributed by atoms with Crippen LogP contribution in [0.25, 0.3) is 0 Å². The summed E-state index contributed by atoms with van der Waals surface area (Å²) in [5.74, 6) is 0.751. The Bertz CT molecular complexity index is 408. The predicted octanol–water partition coefficient (Wildman–Crippen LogP) is 2.41. The van der Waals surface area contributed by atoms with E-state index in [1.807, 2.05) is 41.5 Å². The van der Waals surface area contributed by atoms with Crippen LogP contribution in [0.2, 0.25) is 0 Å². The van der Waals surface area contributed by atoms with Crippen molar-refractivity contribution in [2.24, 2.45) is 4.99 Å². The third kappa shape index (κ3) is 15.2. The molecule has 0 rings (SSSR count). The first-order chi connectivity index (χ1) is 11.0. The van der Waals surface area contributed by atoms with Crippen molar-refractivity contribution in [1.29, 1.82) is 0 Å². The molecule has 0 saturated carbocycles. The van der Waals surface area contributed by atoms with E-state index in [2.05, 4.69) is 39.8 Å². The Hall–Kier alpha value is -0.770. The molecular formula is C17H38IN5O2. The van der Waals surface area contributed by atoms with E-state index in [4.69, 9.17) is 4.74 Å². The Labute approximate surface area is 170 Å². The Morgan fingerprint density at radius 3 is 2.20 bits per heavy atom. The molecule has 0 atom stereocenters. The molecule has 150 valence electrons. The van der Waals surface area contributed by atoms with Gasteiger partial charge in [0.05, 0.1) is 12.1 Å². The second-order valence-corrected chi connectivity index (χ2v) is 7.53. The van der Waals surface area contributed by atoms with Gasteiger partial charge in [-0.2, -0.15) is 0 Å². The molecule has 0 aliphatic carbocycles. The zero-order valence-electron chi connectivity index (χ0n) is 17.2. The van der Waals surface area contributed by atoms with Gasteiger partial charge in [0.15, 0.2) is 5.96 Å². The van der Waals surface area contributed by atoms with Gasteiger partial charge in [-0.3, -0.25) is 4.99 Å². The molecule has 0 heterocycles. The molecule has 0 bridgehead atoms. The van der Waals surface area contributed by atoms with Crippen LogP contribution in [0.3, 0.4) is 0 Å². The maximum absolute atomic E-state index is 11.9. The minimum atomic E-state index is -0.509. The number of guanidine groups is 1. The van der Waals surface area contributed by atoms with Gasteiger partial charge >= 0.3 is 6.09 Å². The second-order valence-electron chi connectivity index (χ2n) is 7.53. The minimum Gasteiger partial charge on any atom is -0.444 e. The molecule has 0 unspecified atom stereocenters. The topological polar surface area (TPSA) is 78.0 Å². The number of nitrogens with one attached hydrogen (secondary N) is 3. The number of amides is 1. The number of carbonyl (C=O) groups excluding carboxylic acids is 1. The van der Waals surface area contributed by atoms with Gasteiger partial charge < -0.3 is 25.6 Å². The van der Waals surface area contributed by atoms with Crippen LogP contribution in [0.1, 0.15) is 48.5 Å². The number of carbonyl (C=O) groups is 1. The molecule has 0 aromatic heterocycles. The van der Waals surface area contributed by atoms with Gasteiger partial charge in [-0.05, 0) is 55.1 Å². The molecule has 1 amide bonds. The highest BCUT2D eigenvalue weighted by Gasteiger charge is 2.24. The fraction of sp³-hybridized carbons (Fsp3) is 0.882. The number of rotatable bonds is 8. The highest BCUT2D eigenvalue weighted by Crippen LogP contribution is 2.09. The van der Waals surface area contributed by atoms with Crippen LogP contribution >= 0.6 is 24.0 Å². The second kappa shape index (κ2) is 12.6. The summed E-state index contributed by atoms with van der Waals surface area (Å²) < 4.78 is 5.30. The summed E-state index contributed by atoms with van der Waals surface area (Å²) in [7, 11) is 2.08. The zero-order valence-corrected chi connectivity index (χ0v) is 19.5. The summed E-state index contributed by atoms with van der Waals surface area (Å²) in [5.41, 5.74) is -1.00. The number of halogens is 1. The SMILES string of the molecule is CCNC(=NCC(C)(C)NC(=O)OC(C)(C)C)NCCN(C)CC.I. The van der Waals surface area contributed by atoms with Gasteiger partial charge in [0.2, 0.25) is 0 Å². The van der Waals surface area contributed by atoms with Crippen molar-refractivity contribution in [1.82, 2.24) is 20.9 Å². The van der Waals surface area contributed by atoms with E-state index in [1.165, 1.54) is 0 Å². The molecular weight excluding hydrogens is 433 g/mol. The Balaban J connectivity index is 0. The van der Waals surface area contributed by atoms with Crippen LogP contribution < -0.4 is 16.0 Å². The third-order valence-electron chi connectivity index (χ3n) is 3.14. The molecule has 0 aliphatic heterocycles. The van der Waals surface area contributed by atoms with Gasteiger partial charge in [0.25, 0.3) is 0 Å². The first-order valence-corrected chi connectivity index (χ1v) is 8.71. The summed E-state index contributed by atoms with van der Waals surface area (Å²) in [6, 6.07) is 0. The lowest BCUT2D eigenvalue weighted by atomic mass is 10.1. The average molecular weight is 471 g/mol. The van der Waals surface area contributed by atoms with Crippen LogP contribution in [0, 0.1) is 0 Å². The Morgan fingerprint density at radius 2 is 1.72 bits per heavy atom. The number of hydrogen-bond donors (Lipinski definition) is 3. The van der Waals surface area contributed by atoms with Crippen molar-refractivity contribution in [3.05, 3.63) is 0 Å². The highest BCUT2D eigenvalue weighted by molar-refractivity contribution is 14.0. The average Bonchev–Trinajstić information content (AvgIpc) is 2.41. The molecule has 0 fully saturated rings. The van der Waals surface area contributed by atoms with Crippen LogP contribution in [0.15, 0.2) is 4.99 Å². The number of alkyl carbamates (subject to hydrolysis) is 1. The van der Waals surface area contributed by atoms with Gasteiger partial charge in [0, 0.05) is 19.6 Å². The van der Waals surface area contributed by atoms with Crippen LogP contribution in [0.5, 0.6) is 0 Å². The van der Waals surface area contributed by atoms with E-state index >= 15 is 0 Å². The molecule has 3 N–H and O–H groups in total. The van der Waals surface area contributed by atoms with Crippen molar-refractivity contribution in [3.8, 4) is 0 Å². The maximum Gasteiger partial charge on any atom is 0.408 e. The minimum absolute atomic E-state index is 0. The normalized spacial score (nSPS) is 12.4. The molecule has 25 heavy (non-hydrogen) atoms. The summed E-state index contributed by atoms with van der Waals surface area (Å²) in [5, 5.41) is 9.38. The molecule has 0 radical (unpaired) electrons. The lowest BCUT2D eigenvalue weighted by Gasteiger charge is -2.27. The molecule has 0 aromatic carbocycles.